The number of nitrogens with one attached hydrogen (secondary N) is 1. The van der Waals surface area contributed by atoms with Gasteiger partial charge >= 0.3 is 5.97 Å². The van der Waals surface area contributed by atoms with Crippen molar-refractivity contribution >= 4 is 27.8 Å². The summed E-state index contributed by atoms with van der Waals surface area (Å²) in [5.74, 6) is -0.339. The van der Waals surface area contributed by atoms with E-state index in [1.54, 1.807) is 30.3 Å². The van der Waals surface area contributed by atoms with Gasteiger partial charge in [-0.1, -0.05) is 0 Å². The average Bonchev–Trinajstić information content (AvgIpc) is 3.14. The van der Waals surface area contributed by atoms with E-state index in [0.29, 0.717) is 39.7 Å². The lowest BCUT2D eigenvalue weighted by Crippen LogP contribution is -2.03. The number of methoxy groups -OCH3 is 1. The van der Waals surface area contributed by atoms with Crippen molar-refractivity contribution in [2.24, 2.45) is 0 Å². The maximum atomic E-state index is 14.9. The lowest BCUT2D eigenvalue weighted by molar-refractivity contribution is -0.137. The van der Waals surface area contributed by atoms with Crippen molar-refractivity contribution in [2.75, 3.05) is 13.7 Å². The monoisotopic (exact) mass is 425 g/mol. The SMILES string of the molecule is COc1cc2c(Oc3ccc4[nH]c(C)cc4c3F)ncnc2cc1OCCCC(=O)O. The standard InChI is InChI=1S/C22H20FN3O5/c1-12-8-13-15(26-12)5-6-17(21(13)23)31-22-14-9-18(29-2)19(10-16(14)24-11-25-22)30-7-3-4-20(27)28/h5-6,8-11,26H,3-4,7H2,1-2H3,(H,27,28). The Balaban J connectivity index is 1.66. The summed E-state index contributed by atoms with van der Waals surface area (Å²) in [6.07, 6.45) is 1.68. The number of benzene rings is 2. The van der Waals surface area contributed by atoms with Gasteiger partial charge in [0.2, 0.25) is 5.88 Å². The molecule has 0 unspecified atom stereocenters. The molecular weight excluding hydrogens is 405 g/mol. The molecule has 0 saturated carbocycles. The zero-order chi connectivity index (χ0) is 22.0. The van der Waals surface area contributed by atoms with Crippen LogP contribution in [0, 0.1) is 12.7 Å². The smallest absolute Gasteiger partial charge is 0.303 e. The van der Waals surface area contributed by atoms with E-state index in [-0.39, 0.29) is 24.7 Å². The number of H-pyrrole nitrogens is 1. The van der Waals surface area contributed by atoms with Crippen LogP contribution in [0.4, 0.5) is 4.39 Å². The van der Waals surface area contributed by atoms with Gasteiger partial charge in [-0.3, -0.25) is 4.79 Å². The fourth-order valence-corrected chi connectivity index (χ4v) is 3.27. The van der Waals surface area contributed by atoms with Crippen molar-refractivity contribution in [3.8, 4) is 23.1 Å². The number of hydrogen-bond acceptors (Lipinski definition) is 6. The Hall–Kier alpha value is -3.88. The highest BCUT2D eigenvalue weighted by molar-refractivity contribution is 5.87. The highest BCUT2D eigenvalue weighted by Gasteiger charge is 2.16. The van der Waals surface area contributed by atoms with E-state index in [1.807, 2.05) is 6.92 Å². The van der Waals surface area contributed by atoms with Gasteiger partial charge in [-0.15, -0.1) is 0 Å². The third-order valence-electron chi connectivity index (χ3n) is 4.72. The van der Waals surface area contributed by atoms with Crippen molar-refractivity contribution in [1.82, 2.24) is 15.0 Å². The van der Waals surface area contributed by atoms with Crippen molar-refractivity contribution in [3.05, 3.63) is 48.2 Å². The van der Waals surface area contributed by atoms with Gasteiger partial charge < -0.3 is 24.3 Å². The Morgan fingerprint density at radius 1 is 1.13 bits per heavy atom. The molecular formula is C22H20FN3O5. The minimum absolute atomic E-state index is 0.00658. The van der Waals surface area contributed by atoms with E-state index in [2.05, 4.69) is 15.0 Å². The Morgan fingerprint density at radius 3 is 2.74 bits per heavy atom. The number of carboxylic acid groups (broad SMARTS) is 1. The maximum absolute atomic E-state index is 14.9. The first-order chi connectivity index (χ1) is 15.0. The van der Waals surface area contributed by atoms with Gasteiger partial charge in [-0.05, 0) is 37.6 Å². The highest BCUT2D eigenvalue weighted by atomic mass is 19.1. The molecule has 2 heterocycles. The maximum Gasteiger partial charge on any atom is 0.303 e. The van der Waals surface area contributed by atoms with E-state index in [1.165, 1.54) is 13.4 Å². The number of nitrogens with zero attached hydrogens (tertiary/aromatic N) is 2. The molecule has 9 heteroatoms. The Labute approximate surface area is 176 Å². The van der Waals surface area contributed by atoms with Crippen molar-refractivity contribution in [1.29, 1.82) is 0 Å². The van der Waals surface area contributed by atoms with E-state index >= 15 is 0 Å². The lowest BCUT2D eigenvalue weighted by Gasteiger charge is -2.13. The summed E-state index contributed by atoms with van der Waals surface area (Å²) in [6.45, 7) is 2.06. The number of hydrogen-bond donors (Lipinski definition) is 2. The molecule has 0 atom stereocenters. The van der Waals surface area contributed by atoms with Crippen molar-refractivity contribution in [2.45, 2.75) is 19.8 Å². The fourth-order valence-electron chi connectivity index (χ4n) is 3.27. The number of aromatic amines is 1. The molecule has 0 spiro atoms. The molecule has 2 N–H and O–H groups in total. The minimum atomic E-state index is -0.885. The second-order valence-corrected chi connectivity index (χ2v) is 6.94. The Kier molecular flexibility index (Phi) is 5.57. The first-order valence-electron chi connectivity index (χ1n) is 9.59. The van der Waals surface area contributed by atoms with E-state index in [9.17, 15) is 9.18 Å². The summed E-state index contributed by atoms with van der Waals surface area (Å²) in [6, 6.07) is 8.30. The Bertz CT molecular complexity index is 1270. The van der Waals surface area contributed by atoms with Gasteiger partial charge in [-0.2, -0.15) is 0 Å². The largest absolute Gasteiger partial charge is 0.493 e. The average molecular weight is 425 g/mol. The fraction of sp³-hybridized carbons (Fsp3) is 0.227. The molecule has 8 nitrogen and oxygen atoms in total. The zero-order valence-electron chi connectivity index (χ0n) is 16.9. The van der Waals surface area contributed by atoms with Crippen LogP contribution in [0.15, 0.2) is 36.7 Å². The molecule has 0 bridgehead atoms. The van der Waals surface area contributed by atoms with Crippen LogP contribution in [0.25, 0.3) is 21.8 Å². The van der Waals surface area contributed by atoms with Crippen LogP contribution in [0.3, 0.4) is 0 Å². The van der Waals surface area contributed by atoms with E-state index in [0.717, 1.165) is 5.69 Å². The van der Waals surface area contributed by atoms with Gasteiger partial charge in [0.15, 0.2) is 23.1 Å². The molecule has 0 fully saturated rings. The van der Waals surface area contributed by atoms with Crippen LogP contribution in [0.1, 0.15) is 18.5 Å². The molecule has 0 radical (unpaired) electrons. The van der Waals surface area contributed by atoms with Gasteiger partial charge in [0.25, 0.3) is 0 Å². The number of aliphatic carboxylic acids is 1. The summed E-state index contributed by atoms with van der Waals surface area (Å²) in [4.78, 5) is 22.1. The van der Waals surface area contributed by atoms with Gasteiger partial charge in [-0.25, -0.2) is 14.4 Å². The van der Waals surface area contributed by atoms with Crippen LogP contribution < -0.4 is 14.2 Å². The summed E-state index contributed by atoms with van der Waals surface area (Å²) < 4.78 is 31.8. The summed E-state index contributed by atoms with van der Waals surface area (Å²) in [7, 11) is 1.48. The van der Waals surface area contributed by atoms with Gasteiger partial charge in [0.05, 0.1) is 24.6 Å². The molecule has 0 amide bonds. The normalized spacial score (nSPS) is 11.1. The van der Waals surface area contributed by atoms with Crippen LogP contribution in [0.5, 0.6) is 23.1 Å². The number of aromatic nitrogens is 3. The van der Waals surface area contributed by atoms with Crippen LogP contribution >= 0.6 is 0 Å². The van der Waals surface area contributed by atoms with Crippen molar-refractivity contribution < 1.29 is 28.5 Å². The number of rotatable bonds is 8. The number of carboxylic acids is 1. The van der Waals surface area contributed by atoms with E-state index < -0.39 is 11.8 Å². The van der Waals surface area contributed by atoms with Gasteiger partial charge in [0, 0.05) is 29.1 Å². The molecule has 4 aromatic rings. The molecule has 4 rings (SSSR count). The Morgan fingerprint density at radius 2 is 1.97 bits per heavy atom. The number of ether oxygens (including phenoxy) is 3. The number of halogens is 1. The molecule has 0 aliphatic rings. The molecule has 2 aromatic heterocycles. The lowest BCUT2D eigenvalue weighted by atomic mass is 10.2. The van der Waals surface area contributed by atoms with Crippen LogP contribution in [-0.2, 0) is 4.79 Å². The van der Waals surface area contributed by atoms with Crippen molar-refractivity contribution in [3.63, 3.8) is 0 Å². The predicted molar refractivity (Wildman–Crippen MR) is 112 cm³/mol. The van der Waals surface area contributed by atoms with Crippen LogP contribution in [-0.4, -0.2) is 39.7 Å². The minimum Gasteiger partial charge on any atom is -0.493 e. The topological polar surface area (TPSA) is 107 Å². The summed E-state index contributed by atoms with van der Waals surface area (Å²) in [5, 5.41) is 9.69. The molecule has 31 heavy (non-hydrogen) atoms. The van der Waals surface area contributed by atoms with Crippen LogP contribution in [0.2, 0.25) is 0 Å². The third kappa shape index (κ3) is 4.20. The second-order valence-electron chi connectivity index (χ2n) is 6.94. The molecule has 0 aliphatic carbocycles. The first-order valence-corrected chi connectivity index (χ1v) is 9.59. The van der Waals surface area contributed by atoms with E-state index in [4.69, 9.17) is 19.3 Å². The predicted octanol–water partition coefficient (Wildman–Crippen LogP) is 4.60. The summed E-state index contributed by atoms with van der Waals surface area (Å²) in [5.41, 5.74) is 2.04. The zero-order valence-corrected chi connectivity index (χ0v) is 16.9. The first kappa shape index (κ1) is 20.4. The molecule has 2 aromatic carbocycles. The molecule has 160 valence electrons. The summed E-state index contributed by atoms with van der Waals surface area (Å²) >= 11 is 0. The second kappa shape index (κ2) is 8.47. The number of fused-ring (bicyclic) bond motifs is 2. The number of aryl methyl sites for hydroxylation is 1. The van der Waals surface area contributed by atoms with Gasteiger partial charge in [0.1, 0.15) is 6.33 Å². The molecule has 0 aliphatic heterocycles. The highest BCUT2D eigenvalue weighted by Crippen LogP contribution is 2.37. The third-order valence-corrected chi connectivity index (χ3v) is 4.72. The quantitative estimate of drug-likeness (QED) is 0.397. The molecule has 0 saturated heterocycles. The number of carbonyl (C=O) groups is 1.